The van der Waals surface area contributed by atoms with E-state index in [9.17, 15) is 0 Å². The smallest absolute Gasteiger partial charge is 0.279 e. The zero-order chi connectivity index (χ0) is 17.6. The van der Waals surface area contributed by atoms with Gasteiger partial charge >= 0.3 is 0 Å². The van der Waals surface area contributed by atoms with Crippen molar-refractivity contribution in [3.63, 3.8) is 0 Å². The molecule has 0 spiro atoms. The number of nitrogens with zero attached hydrogens (tertiary/aromatic N) is 2. The van der Waals surface area contributed by atoms with Crippen molar-refractivity contribution >= 4 is 21.6 Å². The molecule has 26 heavy (non-hydrogen) atoms. The molecular weight excluding hydrogens is 344 g/mol. The molecule has 0 amide bonds. The van der Waals surface area contributed by atoms with Crippen LogP contribution in [0.5, 0.6) is 16.7 Å². The first-order valence-corrected chi connectivity index (χ1v) is 10.2. The molecule has 2 heterocycles. The van der Waals surface area contributed by atoms with E-state index in [1.165, 1.54) is 38.8 Å². The van der Waals surface area contributed by atoms with Crippen molar-refractivity contribution in [2.75, 3.05) is 26.2 Å². The molecule has 1 fully saturated rings. The fourth-order valence-corrected chi connectivity index (χ4v) is 4.09. The summed E-state index contributed by atoms with van der Waals surface area (Å²) in [5, 5.41) is 0.668. The standard InChI is InChI=1S/C21H24N2O2S/c1-2-6-14-23(13-5-1)15-16-24-17-9-11-18(12-10-17)25-21-22-19-7-3-4-8-20(19)26-21/h3-4,7-12H,1-2,5-6,13-16H2. The molecule has 4 nitrogen and oxygen atoms in total. The van der Waals surface area contributed by atoms with Crippen LogP contribution in [0.3, 0.4) is 0 Å². The third kappa shape index (κ3) is 4.54. The maximum Gasteiger partial charge on any atom is 0.279 e. The van der Waals surface area contributed by atoms with E-state index in [1.54, 1.807) is 11.3 Å². The second-order valence-corrected chi connectivity index (χ2v) is 7.62. The molecule has 0 N–H and O–H groups in total. The molecule has 0 saturated carbocycles. The number of benzene rings is 2. The molecule has 5 heteroatoms. The van der Waals surface area contributed by atoms with E-state index in [0.29, 0.717) is 5.19 Å². The first kappa shape index (κ1) is 17.3. The molecule has 0 atom stereocenters. The van der Waals surface area contributed by atoms with Crippen molar-refractivity contribution in [2.24, 2.45) is 0 Å². The van der Waals surface area contributed by atoms with Gasteiger partial charge in [-0.3, -0.25) is 4.90 Å². The maximum atomic E-state index is 5.89. The molecule has 0 unspecified atom stereocenters. The van der Waals surface area contributed by atoms with E-state index in [4.69, 9.17) is 9.47 Å². The highest BCUT2D eigenvalue weighted by molar-refractivity contribution is 7.20. The van der Waals surface area contributed by atoms with Crippen LogP contribution in [0, 0.1) is 0 Å². The van der Waals surface area contributed by atoms with Gasteiger partial charge in [-0.25, -0.2) is 4.98 Å². The number of para-hydroxylation sites is 1. The summed E-state index contributed by atoms with van der Waals surface area (Å²) >= 11 is 1.56. The SMILES string of the molecule is c1ccc2sc(Oc3ccc(OCCN4CCCCCC4)cc3)nc2c1. The van der Waals surface area contributed by atoms with Gasteiger partial charge in [-0.05, 0) is 62.3 Å². The van der Waals surface area contributed by atoms with Crippen LogP contribution in [0.2, 0.25) is 0 Å². The normalized spacial score (nSPS) is 15.7. The van der Waals surface area contributed by atoms with E-state index in [2.05, 4.69) is 16.0 Å². The molecule has 0 aliphatic carbocycles. The lowest BCUT2D eigenvalue weighted by Gasteiger charge is -2.19. The number of thiazole rings is 1. The molecule has 2 aromatic carbocycles. The van der Waals surface area contributed by atoms with E-state index in [0.717, 1.165) is 34.9 Å². The third-order valence-electron chi connectivity index (χ3n) is 4.68. The van der Waals surface area contributed by atoms with Gasteiger partial charge in [-0.1, -0.05) is 36.3 Å². The van der Waals surface area contributed by atoms with Crippen LogP contribution in [0.1, 0.15) is 25.7 Å². The van der Waals surface area contributed by atoms with Crippen LogP contribution in [-0.4, -0.2) is 36.1 Å². The van der Waals surface area contributed by atoms with Crippen LogP contribution in [0.25, 0.3) is 10.2 Å². The third-order valence-corrected chi connectivity index (χ3v) is 5.59. The van der Waals surface area contributed by atoms with E-state index in [-0.39, 0.29) is 0 Å². The molecule has 1 saturated heterocycles. The number of hydrogen-bond acceptors (Lipinski definition) is 5. The number of hydrogen-bond donors (Lipinski definition) is 0. The predicted octanol–water partition coefficient (Wildman–Crippen LogP) is 5.34. The number of rotatable bonds is 6. The lowest BCUT2D eigenvalue weighted by Crippen LogP contribution is -2.29. The first-order valence-electron chi connectivity index (χ1n) is 9.35. The Labute approximate surface area is 158 Å². The highest BCUT2D eigenvalue weighted by Gasteiger charge is 2.09. The minimum Gasteiger partial charge on any atom is -0.492 e. The summed E-state index contributed by atoms with van der Waals surface area (Å²) < 4.78 is 12.9. The zero-order valence-corrected chi connectivity index (χ0v) is 15.7. The Hall–Kier alpha value is -2.11. The largest absolute Gasteiger partial charge is 0.492 e. The summed E-state index contributed by atoms with van der Waals surface area (Å²) in [5.74, 6) is 1.67. The van der Waals surface area contributed by atoms with Gasteiger partial charge in [0, 0.05) is 6.54 Å². The molecule has 4 rings (SSSR count). The van der Waals surface area contributed by atoms with Crippen molar-refractivity contribution in [1.29, 1.82) is 0 Å². The van der Waals surface area contributed by atoms with Crippen molar-refractivity contribution < 1.29 is 9.47 Å². The van der Waals surface area contributed by atoms with Crippen LogP contribution in [0.4, 0.5) is 0 Å². The second-order valence-electron chi connectivity index (χ2n) is 6.63. The number of aromatic nitrogens is 1. The van der Waals surface area contributed by atoms with Crippen molar-refractivity contribution in [3.8, 4) is 16.7 Å². The first-order chi connectivity index (χ1) is 12.9. The summed E-state index contributed by atoms with van der Waals surface area (Å²) in [6.07, 6.45) is 5.37. The molecule has 0 radical (unpaired) electrons. The maximum absolute atomic E-state index is 5.89. The summed E-state index contributed by atoms with van der Waals surface area (Å²) in [6, 6.07) is 15.9. The van der Waals surface area contributed by atoms with Crippen molar-refractivity contribution in [1.82, 2.24) is 9.88 Å². The monoisotopic (exact) mass is 368 g/mol. The van der Waals surface area contributed by atoms with Gasteiger partial charge in [0.25, 0.3) is 5.19 Å². The molecule has 0 bridgehead atoms. The molecule has 1 aliphatic heterocycles. The lowest BCUT2D eigenvalue weighted by atomic mass is 10.2. The molecule has 1 aliphatic rings. The Kier molecular flexibility index (Phi) is 5.67. The van der Waals surface area contributed by atoms with Gasteiger partial charge < -0.3 is 9.47 Å². The Morgan fingerprint density at radius 2 is 1.62 bits per heavy atom. The minimum absolute atomic E-state index is 0.668. The number of fused-ring (bicyclic) bond motifs is 1. The van der Waals surface area contributed by atoms with Crippen LogP contribution in [0.15, 0.2) is 48.5 Å². The Morgan fingerprint density at radius 3 is 2.38 bits per heavy atom. The average Bonchev–Trinajstić information content (AvgIpc) is 2.89. The van der Waals surface area contributed by atoms with Crippen molar-refractivity contribution in [3.05, 3.63) is 48.5 Å². The molecule has 3 aromatic rings. The summed E-state index contributed by atoms with van der Waals surface area (Å²) in [5.41, 5.74) is 0.973. The molecule has 136 valence electrons. The van der Waals surface area contributed by atoms with Gasteiger partial charge in [-0.2, -0.15) is 0 Å². The summed E-state index contributed by atoms with van der Waals surface area (Å²) in [6.45, 7) is 4.15. The lowest BCUT2D eigenvalue weighted by molar-refractivity contribution is 0.214. The van der Waals surface area contributed by atoms with Crippen LogP contribution < -0.4 is 9.47 Å². The fraction of sp³-hybridized carbons (Fsp3) is 0.381. The summed E-state index contributed by atoms with van der Waals surface area (Å²) in [7, 11) is 0. The van der Waals surface area contributed by atoms with Gasteiger partial charge in [0.2, 0.25) is 0 Å². The average molecular weight is 369 g/mol. The van der Waals surface area contributed by atoms with Gasteiger partial charge in [0.05, 0.1) is 10.2 Å². The van der Waals surface area contributed by atoms with Crippen LogP contribution >= 0.6 is 11.3 Å². The predicted molar refractivity (Wildman–Crippen MR) is 107 cm³/mol. The van der Waals surface area contributed by atoms with E-state index in [1.807, 2.05) is 42.5 Å². The van der Waals surface area contributed by atoms with Gasteiger partial charge in [0.1, 0.15) is 18.1 Å². The van der Waals surface area contributed by atoms with E-state index < -0.39 is 0 Å². The number of ether oxygens (including phenoxy) is 2. The zero-order valence-electron chi connectivity index (χ0n) is 14.9. The highest BCUT2D eigenvalue weighted by atomic mass is 32.1. The number of likely N-dealkylation sites (tertiary alicyclic amines) is 1. The second kappa shape index (κ2) is 8.52. The topological polar surface area (TPSA) is 34.6 Å². The van der Waals surface area contributed by atoms with Crippen molar-refractivity contribution in [2.45, 2.75) is 25.7 Å². The minimum atomic E-state index is 0.668. The van der Waals surface area contributed by atoms with Gasteiger partial charge in [-0.15, -0.1) is 0 Å². The van der Waals surface area contributed by atoms with E-state index >= 15 is 0 Å². The quantitative estimate of drug-likeness (QED) is 0.588. The Balaban J connectivity index is 1.29. The summed E-state index contributed by atoms with van der Waals surface area (Å²) in [4.78, 5) is 7.01. The Bertz CT molecular complexity index is 790. The highest BCUT2D eigenvalue weighted by Crippen LogP contribution is 2.31. The molecule has 1 aromatic heterocycles. The van der Waals surface area contributed by atoms with Gasteiger partial charge in [0.15, 0.2) is 0 Å². The molecular formula is C21H24N2O2S. The van der Waals surface area contributed by atoms with Crippen LogP contribution in [-0.2, 0) is 0 Å². The Morgan fingerprint density at radius 1 is 0.885 bits per heavy atom. The fourth-order valence-electron chi connectivity index (χ4n) is 3.25.